The molecule has 3 rings (SSSR count). The lowest BCUT2D eigenvalue weighted by atomic mass is 9.72. The quantitative estimate of drug-likeness (QED) is 0.153. The number of carbonyl (C=O) groups is 2. The van der Waals surface area contributed by atoms with Crippen molar-refractivity contribution in [1.82, 2.24) is 5.32 Å². The zero-order valence-corrected chi connectivity index (χ0v) is 19.2. The molecule has 0 aliphatic carbocycles. The van der Waals surface area contributed by atoms with Gasteiger partial charge < -0.3 is 64.7 Å². The van der Waals surface area contributed by atoms with Gasteiger partial charge in [0.2, 0.25) is 5.91 Å². The molecule has 3 fully saturated rings. The number of carboxylic acid groups (broad SMARTS) is 1. The number of aliphatic hydroxyl groups excluding tert-OH is 6. The van der Waals surface area contributed by atoms with Gasteiger partial charge in [0.1, 0.15) is 43.4 Å². The molecule has 12 atom stereocenters. The Morgan fingerprint density at radius 2 is 1.89 bits per heavy atom. The van der Waals surface area contributed by atoms with Gasteiger partial charge in [-0.15, -0.1) is 0 Å². The third-order valence-electron chi connectivity index (χ3n) is 6.74. The van der Waals surface area contributed by atoms with Crippen molar-refractivity contribution in [2.45, 2.75) is 80.1 Å². The van der Waals surface area contributed by atoms with E-state index in [0.717, 1.165) is 6.92 Å². The third kappa shape index (κ3) is 5.17. The Labute approximate surface area is 200 Å². The molecule has 0 bridgehead atoms. The molecule has 0 radical (unpaired) electrons. The number of amides is 1. The van der Waals surface area contributed by atoms with Crippen molar-refractivity contribution in [3.05, 3.63) is 0 Å². The number of rotatable bonds is 8. The van der Waals surface area contributed by atoms with Gasteiger partial charge in [-0.1, -0.05) is 0 Å². The summed E-state index contributed by atoms with van der Waals surface area (Å²) in [5.41, 5.74) is -2.43. The summed E-state index contributed by atoms with van der Waals surface area (Å²) >= 11 is 0. The Bertz CT molecular complexity index is 755. The molecular weight excluding hydrogens is 478 g/mol. The molecule has 0 aromatic rings. The van der Waals surface area contributed by atoms with E-state index >= 15 is 0 Å². The zero-order chi connectivity index (χ0) is 26.1. The van der Waals surface area contributed by atoms with E-state index in [9.17, 15) is 45.3 Å². The van der Waals surface area contributed by atoms with Gasteiger partial charge in [-0.25, -0.2) is 4.79 Å². The number of aliphatic hydroxyl groups is 6. The van der Waals surface area contributed by atoms with Gasteiger partial charge >= 0.3 is 5.97 Å². The van der Waals surface area contributed by atoms with E-state index in [4.69, 9.17) is 23.7 Å². The van der Waals surface area contributed by atoms with Crippen LogP contribution in [0.5, 0.6) is 0 Å². The summed E-state index contributed by atoms with van der Waals surface area (Å²) in [5.74, 6) is -3.47. The van der Waals surface area contributed by atoms with Crippen LogP contribution in [0.1, 0.15) is 13.3 Å². The topological polar surface area (TPSA) is 234 Å². The van der Waals surface area contributed by atoms with Crippen LogP contribution in [0, 0.1) is 5.92 Å². The van der Waals surface area contributed by atoms with Gasteiger partial charge in [-0.3, -0.25) is 4.79 Å². The summed E-state index contributed by atoms with van der Waals surface area (Å²) < 4.78 is 27.7. The highest BCUT2D eigenvalue weighted by molar-refractivity contribution is 5.79. The van der Waals surface area contributed by atoms with Crippen molar-refractivity contribution in [2.75, 3.05) is 27.1 Å². The number of carboxylic acids is 1. The molecule has 3 aliphatic heterocycles. The Hall–Kier alpha value is -1.50. The van der Waals surface area contributed by atoms with Gasteiger partial charge in [0.15, 0.2) is 11.9 Å². The fourth-order valence-corrected chi connectivity index (χ4v) is 5.07. The second-order valence-electron chi connectivity index (χ2n) is 8.88. The molecule has 0 saturated carbocycles. The van der Waals surface area contributed by atoms with Gasteiger partial charge in [-0.05, 0) is 0 Å². The zero-order valence-electron chi connectivity index (χ0n) is 19.2. The molecule has 202 valence electrons. The average molecular weight is 511 g/mol. The first-order valence-electron chi connectivity index (χ1n) is 11.1. The highest BCUT2D eigenvalue weighted by Crippen LogP contribution is 2.45. The van der Waals surface area contributed by atoms with Crippen molar-refractivity contribution < 1.29 is 69.0 Å². The summed E-state index contributed by atoms with van der Waals surface area (Å²) in [6.07, 6.45) is -14.1. The van der Waals surface area contributed by atoms with Gasteiger partial charge in [0.25, 0.3) is 0 Å². The molecule has 3 heterocycles. The van der Waals surface area contributed by atoms with Crippen LogP contribution in [-0.4, -0.2) is 142 Å². The summed E-state index contributed by atoms with van der Waals surface area (Å²) in [6.45, 7) is -0.912. The summed E-state index contributed by atoms with van der Waals surface area (Å²) in [7, 11) is 1.29. The first kappa shape index (κ1) is 28.1. The fraction of sp³-hybridized carbons (Fsp3) is 0.900. The van der Waals surface area contributed by atoms with Crippen LogP contribution < -0.4 is 5.32 Å². The second kappa shape index (κ2) is 11.3. The largest absolute Gasteiger partial charge is 0.479 e. The SMILES string of the molecule is CO[C@@H]1OC(CO)[C@H](O)C2C1OCOC2[C@]1(C(=O)O)C[C@@H](O)[C@@H](NC(C)=O)C([C@H](O)[C@H](O)CO)O1. The highest BCUT2D eigenvalue weighted by Gasteiger charge is 2.65. The molecule has 0 aromatic heterocycles. The van der Waals surface area contributed by atoms with E-state index in [1.807, 2.05) is 0 Å². The lowest BCUT2D eigenvalue weighted by molar-refractivity contribution is -0.369. The Balaban J connectivity index is 2.06. The number of methoxy groups -OCH3 is 1. The van der Waals surface area contributed by atoms with Crippen LogP contribution in [0.3, 0.4) is 0 Å². The minimum absolute atomic E-state index is 0.471. The predicted octanol–water partition coefficient (Wildman–Crippen LogP) is -4.74. The molecule has 0 spiro atoms. The van der Waals surface area contributed by atoms with Crippen LogP contribution in [0.25, 0.3) is 0 Å². The summed E-state index contributed by atoms with van der Waals surface area (Å²) in [6, 6.07) is -1.36. The lowest BCUT2D eigenvalue weighted by Gasteiger charge is -2.55. The van der Waals surface area contributed by atoms with Crippen LogP contribution in [0.2, 0.25) is 0 Å². The van der Waals surface area contributed by atoms with E-state index in [0.29, 0.717) is 0 Å². The standard InChI is InChI=1S/C20H33NO14/c1-7(24)21-12-8(25)3-20(19(29)30,35-16(12)13(27)9(26)4-22)17-11-14(28)10(5-23)34-18(31-2)15(11)32-6-33-17/h8-18,22-23,25-28H,3-6H2,1-2H3,(H,21,24)(H,29,30)/t8-,9-,10?,11?,12-,13-,14+,15?,16?,17?,18-,20+/m1/s1. The van der Waals surface area contributed by atoms with Crippen molar-refractivity contribution in [2.24, 2.45) is 5.92 Å². The number of fused-ring (bicyclic) bond motifs is 1. The Kier molecular flexibility index (Phi) is 9.04. The number of aliphatic carboxylic acids is 1. The summed E-state index contributed by atoms with van der Waals surface area (Å²) in [5, 5.41) is 74.1. The lowest BCUT2D eigenvalue weighted by Crippen LogP contribution is -2.74. The van der Waals surface area contributed by atoms with E-state index in [2.05, 4.69) is 5.32 Å². The molecule has 1 amide bonds. The van der Waals surface area contributed by atoms with E-state index in [1.165, 1.54) is 7.11 Å². The van der Waals surface area contributed by atoms with Gasteiger partial charge in [-0.2, -0.15) is 0 Å². The first-order valence-corrected chi connectivity index (χ1v) is 11.1. The van der Waals surface area contributed by atoms with Gasteiger partial charge in [0.05, 0.1) is 31.5 Å². The molecule has 15 nitrogen and oxygen atoms in total. The number of carbonyl (C=O) groups excluding carboxylic acids is 1. The number of nitrogens with one attached hydrogen (secondary N) is 1. The molecule has 3 saturated heterocycles. The molecular formula is C20H33NO14. The third-order valence-corrected chi connectivity index (χ3v) is 6.74. The normalized spacial score (nSPS) is 43.6. The molecule has 3 aliphatic rings. The monoisotopic (exact) mass is 511 g/mol. The Morgan fingerprint density at radius 3 is 2.43 bits per heavy atom. The van der Waals surface area contributed by atoms with Crippen molar-refractivity contribution in [3.8, 4) is 0 Å². The first-order chi connectivity index (χ1) is 16.5. The van der Waals surface area contributed by atoms with Crippen LogP contribution in [-0.2, 0) is 33.3 Å². The maximum Gasteiger partial charge on any atom is 0.338 e. The van der Waals surface area contributed by atoms with Crippen LogP contribution in [0.4, 0.5) is 0 Å². The minimum Gasteiger partial charge on any atom is -0.479 e. The minimum atomic E-state index is -2.43. The van der Waals surface area contributed by atoms with Crippen LogP contribution >= 0.6 is 0 Å². The molecule has 0 aromatic carbocycles. The van der Waals surface area contributed by atoms with Crippen LogP contribution in [0.15, 0.2) is 0 Å². The van der Waals surface area contributed by atoms with E-state index < -0.39 is 111 Å². The van der Waals surface area contributed by atoms with Crippen molar-refractivity contribution >= 4 is 11.9 Å². The van der Waals surface area contributed by atoms with Crippen molar-refractivity contribution in [3.63, 3.8) is 0 Å². The molecule has 35 heavy (non-hydrogen) atoms. The fourth-order valence-electron chi connectivity index (χ4n) is 5.07. The molecule has 5 unspecified atom stereocenters. The average Bonchev–Trinajstić information content (AvgIpc) is 2.83. The van der Waals surface area contributed by atoms with Crippen molar-refractivity contribution in [1.29, 1.82) is 0 Å². The summed E-state index contributed by atoms with van der Waals surface area (Å²) in [4.78, 5) is 24.4. The highest BCUT2D eigenvalue weighted by atomic mass is 16.7. The maximum absolute atomic E-state index is 12.7. The van der Waals surface area contributed by atoms with E-state index in [1.54, 1.807) is 0 Å². The second-order valence-corrected chi connectivity index (χ2v) is 8.88. The van der Waals surface area contributed by atoms with Gasteiger partial charge in [0, 0.05) is 26.4 Å². The number of ether oxygens (including phenoxy) is 5. The molecule has 8 N–H and O–H groups in total. The maximum atomic E-state index is 12.7. The van der Waals surface area contributed by atoms with E-state index in [-0.39, 0.29) is 0 Å². The Morgan fingerprint density at radius 1 is 1.20 bits per heavy atom. The predicted molar refractivity (Wildman–Crippen MR) is 109 cm³/mol. The number of hydrogen-bond donors (Lipinski definition) is 8. The smallest absolute Gasteiger partial charge is 0.338 e. The molecule has 15 heteroatoms. The number of hydrogen-bond acceptors (Lipinski definition) is 13.